The van der Waals surface area contributed by atoms with Crippen LogP contribution in [0.25, 0.3) is 11.1 Å². The minimum atomic E-state index is -0.928. The Bertz CT molecular complexity index is 1240. The predicted molar refractivity (Wildman–Crippen MR) is 146 cm³/mol. The molecule has 0 radical (unpaired) electrons. The van der Waals surface area contributed by atoms with E-state index >= 15 is 0 Å². The van der Waals surface area contributed by atoms with Crippen molar-refractivity contribution in [1.29, 1.82) is 0 Å². The molecule has 0 aromatic heterocycles. The fraction of sp³-hybridized carbons (Fsp3) is 0.310. The highest BCUT2D eigenvalue weighted by Crippen LogP contribution is 2.33. The lowest BCUT2D eigenvalue weighted by Gasteiger charge is -2.22. The number of ketones is 1. The van der Waals surface area contributed by atoms with Gasteiger partial charge in [-0.1, -0.05) is 37.0 Å². The molecule has 0 fully saturated rings. The molecule has 0 aliphatic rings. The minimum absolute atomic E-state index is 0.0479. The maximum Gasteiger partial charge on any atom is 0.303 e. The van der Waals surface area contributed by atoms with E-state index in [1.54, 1.807) is 24.3 Å². The Morgan fingerprint density at radius 2 is 1.55 bits per heavy atom. The standard InChI is InChI=1S/C29H29Cl2F2NO4/c1-17(2)10-23(34-22-8-6-18(7-9-22)27(35)4-3-5-28(36)37)16-38-24-14-25(32)29(26(33)15-24)19-11-20(30)13-21(31)12-19/h6-9,11-15,17,23,34H,3-5,10,16H2,1-2H3,(H,36,37)/t23-/m0/s1. The minimum Gasteiger partial charge on any atom is -0.491 e. The van der Waals surface area contributed by atoms with Gasteiger partial charge >= 0.3 is 5.97 Å². The normalized spacial score (nSPS) is 11.9. The molecular weight excluding hydrogens is 535 g/mol. The van der Waals surface area contributed by atoms with Crippen molar-refractivity contribution in [3.05, 3.63) is 81.8 Å². The lowest BCUT2D eigenvalue weighted by atomic mass is 10.0. The number of carbonyl (C=O) groups is 2. The number of carbonyl (C=O) groups excluding carboxylic acids is 1. The summed E-state index contributed by atoms with van der Waals surface area (Å²) < 4.78 is 35.5. The Morgan fingerprint density at radius 1 is 0.947 bits per heavy atom. The fourth-order valence-corrected chi connectivity index (χ4v) is 4.60. The zero-order valence-electron chi connectivity index (χ0n) is 21.1. The van der Waals surface area contributed by atoms with Crippen LogP contribution >= 0.6 is 23.2 Å². The van der Waals surface area contributed by atoms with Crippen molar-refractivity contribution in [3.63, 3.8) is 0 Å². The molecule has 0 bridgehead atoms. The van der Waals surface area contributed by atoms with E-state index in [1.807, 2.05) is 0 Å². The number of carboxylic acid groups (broad SMARTS) is 1. The summed E-state index contributed by atoms with van der Waals surface area (Å²) in [5.41, 5.74) is 1.25. The number of halogens is 4. The topological polar surface area (TPSA) is 75.6 Å². The summed E-state index contributed by atoms with van der Waals surface area (Å²) in [4.78, 5) is 22.9. The number of nitrogens with one attached hydrogen (secondary N) is 1. The molecule has 9 heteroatoms. The summed E-state index contributed by atoms with van der Waals surface area (Å²) in [5.74, 6) is -2.27. The maximum absolute atomic E-state index is 14.9. The first-order valence-corrected chi connectivity index (χ1v) is 13.0. The van der Waals surface area contributed by atoms with Crippen LogP contribution in [0.2, 0.25) is 10.0 Å². The summed E-state index contributed by atoms with van der Waals surface area (Å²) in [7, 11) is 0. The van der Waals surface area contributed by atoms with Crippen molar-refractivity contribution in [2.75, 3.05) is 11.9 Å². The lowest BCUT2D eigenvalue weighted by Crippen LogP contribution is -2.28. The van der Waals surface area contributed by atoms with Gasteiger partial charge in [0, 0.05) is 46.3 Å². The summed E-state index contributed by atoms with van der Waals surface area (Å²) in [6.45, 7) is 4.25. The molecule has 0 unspecified atom stereocenters. The number of aliphatic carboxylic acids is 1. The number of anilines is 1. The molecule has 0 aliphatic carbocycles. The van der Waals surface area contributed by atoms with Gasteiger partial charge in [0.05, 0.1) is 11.6 Å². The molecule has 3 aromatic rings. The van der Waals surface area contributed by atoms with Gasteiger partial charge in [-0.3, -0.25) is 9.59 Å². The predicted octanol–water partition coefficient (Wildman–Crippen LogP) is 8.28. The molecule has 0 aliphatic heterocycles. The van der Waals surface area contributed by atoms with Gasteiger partial charge in [-0.2, -0.15) is 0 Å². The first-order chi connectivity index (χ1) is 18.0. The van der Waals surface area contributed by atoms with Gasteiger partial charge in [0.1, 0.15) is 24.0 Å². The van der Waals surface area contributed by atoms with E-state index in [4.69, 9.17) is 33.0 Å². The number of ether oxygens (including phenoxy) is 1. The third-order valence-electron chi connectivity index (χ3n) is 5.75. The zero-order chi connectivity index (χ0) is 27.8. The van der Waals surface area contributed by atoms with Crippen LogP contribution in [-0.4, -0.2) is 29.5 Å². The van der Waals surface area contributed by atoms with Gasteiger partial charge in [-0.15, -0.1) is 0 Å². The number of benzene rings is 3. The SMILES string of the molecule is CC(C)C[C@@H](COc1cc(F)c(-c2cc(Cl)cc(Cl)c2)c(F)c1)Nc1ccc(C(=O)CCCC(=O)O)cc1. The molecule has 3 rings (SSSR count). The van der Waals surface area contributed by atoms with Crippen molar-refractivity contribution in [2.24, 2.45) is 5.92 Å². The van der Waals surface area contributed by atoms with Gasteiger partial charge < -0.3 is 15.2 Å². The second-order valence-corrected chi connectivity index (χ2v) is 10.3. The van der Waals surface area contributed by atoms with E-state index in [1.165, 1.54) is 18.2 Å². The average Bonchev–Trinajstić information content (AvgIpc) is 2.81. The average molecular weight is 564 g/mol. The number of carboxylic acids is 1. The molecule has 5 nitrogen and oxygen atoms in total. The van der Waals surface area contributed by atoms with E-state index in [-0.39, 0.29) is 64.6 Å². The summed E-state index contributed by atoms with van der Waals surface area (Å²) >= 11 is 12.0. The number of hydrogen-bond acceptors (Lipinski definition) is 4. The zero-order valence-corrected chi connectivity index (χ0v) is 22.6. The molecule has 0 heterocycles. The third-order valence-corrected chi connectivity index (χ3v) is 6.18. The second kappa shape index (κ2) is 13.6. The lowest BCUT2D eigenvalue weighted by molar-refractivity contribution is -0.137. The Morgan fingerprint density at radius 3 is 2.11 bits per heavy atom. The summed E-state index contributed by atoms with van der Waals surface area (Å²) in [6.07, 6.45) is 1.13. The second-order valence-electron chi connectivity index (χ2n) is 9.45. The van der Waals surface area contributed by atoms with Gasteiger partial charge in [0.15, 0.2) is 5.78 Å². The number of hydrogen-bond donors (Lipinski definition) is 2. The monoisotopic (exact) mass is 563 g/mol. The molecule has 2 N–H and O–H groups in total. The first kappa shape index (κ1) is 29.4. The highest BCUT2D eigenvalue weighted by Gasteiger charge is 2.18. The molecule has 0 saturated heterocycles. The van der Waals surface area contributed by atoms with Crippen LogP contribution in [0.15, 0.2) is 54.6 Å². The van der Waals surface area contributed by atoms with Crippen LogP contribution in [0.3, 0.4) is 0 Å². The van der Waals surface area contributed by atoms with Crippen molar-refractivity contribution in [2.45, 2.75) is 45.6 Å². The van der Waals surface area contributed by atoms with Crippen LogP contribution in [0, 0.1) is 17.6 Å². The summed E-state index contributed by atoms with van der Waals surface area (Å²) in [5, 5.41) is 12.6. The van der Waals surface area contributed by atoms with E-state index < -0.39 is 17.6 Å². The number of Topliss-reactive ketones (excluding diaryl/α,β-unsaturated/α-hetero) is 1. The molecule has 0 spiro atoms. The molecule has 3 aromatic carbocycles. The molecule has 0 saturated carbocycles. The van der Waals surface area contributed by atoms with Crippen molar-refractivity contribution in [1.82, 2.24) is 0 Å². The summed E-state index contributed by atoms with van der Waals surface area (Å²) in [6, 6.07) is 13.3. The van der Waals surface area contributed by atoms with Crippen LogP contribution < -0.4 is 10.1 Å². The quantitative estimate of drug-likeness (QED) is 0.204. The Hall–Kier alpha value is -3.16. The third kappa shape index (κ3) is 8.71. The Kier molecular flexibility index (Phi) is 10.5. The maximum atomic E-state index is 14.9. The van der Waals surface area contributed by atoms with Crippen molar-refractivity contribution >= 4 is 40.6 Å². The van der Waals surface area contributed by atoms with E-state index in [2.05, 4.69) is 19.2 Å². The van der Waals surface area contributed by atoms with Crippen molar-refractivity contribution in [3.8, 4) is 16.9 Å². The molecule has 38 heavy (non-hydrogen) atoms. The van der Waals surface area contributed by atoms with Gasteiger partial charge in [-0.25, -0.2) is 8.78 Å². The number of rotatable bonds is 13. The molecule has 1 atom stereocenters. The van der Waals surface area contributed by atoms with E-state index in [0.29, 0.717) is 11.5 Å². The highest BCUT2D eigenvalue weighted by atomic mass is 35.5. The van der Waals surface area contributed by atoms with Crippen LogP contribution in [0.5, 0.6) is 5.75 Å². The van der Waals surface area contributed by atoms with E-state index in [0.717, 1.165) is 24.2 Å². The van der Waals surface area contributed by atoms with Crippen LogP contribution in [-0.2, 0) is 4.79 Å². The Balaban J connectivity index is 1.67. The van der Waals surface area contributed by atoms with E-state index in [9.17, 15) is 18.4 Å². The Labute approximate surface area is 230 Å². The van der Waals surface area contributed by atoms with Gasteiger partial charge in [0.2, 0.25) is 0 Å². The fourth-order valence-electron chi connectivity index (χ4n) is 4.07. The molecular formula is C29H29Cl2F2NO4. The first-order valence-electron chi connectivity index (χ1n) is 12.2. The highest BCUT2D eigenvalue weighted by molar-refractivity contribution is 6.35. The van der Waals surface area contributed by atoms with Crippen LogP contribution in [0.4, 0.5) is 14.5 Å². The van der Waals surface area contributed by atoms with Gasteiger partial charge in [0.25, 0.3) is 0 Å². The largest absolute Gasteiger partial charge is 0.491 e. The molecule has 0 amide bonds. The molecule has 202 valence electrons. The smallest absolute Gasteiger partial charge is 0.303 e. The van der Waals surface area contributed by atoms with Crippen molar-refractivity contribution < 1.29 is 28.2 Å². The van der Waals surface area contributed by atoms with Crippen LogP contribution in [0.1, 0.15) is 49.9 Å². The van der Waals surface area contributed by atoms with Gasteiger partial charge in [-0.05, 0) is 66.8 Å².